The van der Waals surface area contributed by atoms with Gasteiger partial charge < -0.3 is 0 Å². The monoisotopic (exact) mass is 206 g/mol. The van der Waals surface area contributed by atoms with Crippen molar-refractivity contribution >= 4 is 0 Å². The van der Waals surface area contributed by atoms with Gasteiger partial charge in [0.25, 0.3) is 0 Å². The van der Waals surface area contributed by atoms with Crippen LogP contribution >= 0.6 is 0 Å². The molecular formula is C14H24N+. The van der Waals surface area contributed by atoms with Gasteiger partial charge in [-0.3, -0.25) is 0 Å². The van der Waals surface area contributed by atoms with Gasteiger partial charge in [0.1, 0.15) is 0 Å². The third-order valence-corrected chi connectivity index (χ3v) is 2.74. The van der Waals surface area contributed by atoms with Crippen LogP contribution in [0, 0.1) is 0 Å². The molecule has 0 atom stereocenters. The number of hydrogen-bond acceptors (Lipinski definition) is 0. The Bertz CT molecular complexity index is 279. The molecule has 0 aliphatic heterocycles. The van der Waals surface area contributed by atoms with Gasteiger partial charge >= 0.3 is 0 Å². The minimum Gasteiger partial charge on any atom is -0.201 e. The lowest BCUT2D eigenvalue weighted by atomic mass is 10.1. The lowest BCUT2D eigenvalue weighted by molar-refractivity contribution is -0.754. The van der Waals surface area contributed by atoms with Crippen LogP contribution < -0.4 is 4.57 Å². The second-order valence-electron chi connectivity index (χ2n) is 5.24. The van der Waals surface area contributed by atoms with Crippen LogP contribution in [-0.4, -0.2) is 0 Å². The van der Waals surface area contributed by atoms with Gasteiger partial charge in [0.15, 0.2) is 17.9 Å². The first kappa shape index (κ1) is 12.2. The van der Waals surface area contributed by atoms with E-state index in [0.29, 0.717) is 0 Å². The zero-order valence-corrected chi connectivity index (χ0v) is 10.6. The number of aromatic nitrogens is 1. The maximum atomic E-state index is 2.26. The Morgan fingerprint density at radius 1 is 1.07 bits per heavy atom. The van der Waals surface area contributed by atoms with Gasteiger partial charge in [0, 0.05) is 32.9 Å². The highest BCUT2D eigenvalue weighted by Gasteiger charge is 2.19. The van der Waals surface area contributed by atoms with Crippen LogP contribution in [0.25, 0.3) is 0 Å². The molecule has 1 aromatic heterocycles. The number of unbranched alkanes of at least 4 members (excludes halogenated alkanes) is 2. The van der Waals surface area contributed by atoms with E-state index >= 15 is 0 Å². The minimum absolute atomic E-state index is 0.196. The topological polar surface area (TPSA) is 3.88 Å². The summed E-state index contributed by atoms with van der Waals surface area (Å²) in [6.45, 7) is 8.93. The second-order valence-corrected chi connectivity index (χ2v) is 5.24. The van der Waals surface area contributed by atoms with Crippen LogP contribution in [0.2, 0.25) is 0 Å². The molecule has 1 heterocycles. The highest BCUT2D eigenvalue weighted by atomic mass is 15.0. The number of rotatable bonds is 4. The molecule has 0 fully saturated rings. The van der Waals surface area contributed by atoms with Gasteiger partial charge in [0.2, 0.25) is 0 Å². The second kappa shape index (κ2) is 5.29. The van der Waals surface area contributed by atoms with Crippen molar-refractivity contribution in [3.05, 3.63) is 30.1 Å². The Morgan fingerprint density at radius 3 is 2.13 bits per heavy atom. The summed E-state index contributed by atoms with van der Waals surface area (Å²) in [5.74, 6) is 0. The van der Waals surface area contributed by atoms with Gasteiger partial charge in [-0.25, -0.2) is 4.57 Å². The summed E-state index contributed by atoms with van der Waals surface area (Å²) in [6.07, 6.45) is 9.57. The van der Waals surface area contributed by atoms with Crippen molar-refractivity contribution in [2.24, 2.45) is 0 Å². The number of hydrogen-bond donors (Lipinski definition) is 0. The Morgan fingerprint density at radius 2 is 1.67 bits per heavy atom. The van der Waals surface area contributed by atoms with E-state index in [4.69, 9.17) is 0 Å². The van der Waals surface area contributed by atoms with Crippen molar-refractivity contribution in [1.29, 1.82) is 0 Å². The molecule has 1 rings (SSSR count). The minimum atomic E-state index is 0.196. The van der Waals surface area contributed by atoms with Crippen LogP contribution in [0.5, 0.6) is 0 Å². The Labute approximate surface area is 94.1 Å². The molecule has 0 amide bonds. The normalized spacial score (nSPS) is 11.7. The van der Waals surface area contributed by atoms with Crippen molar-refractivity contribution in [1.82, 2.24) is 0 Å². The molecular weight excluding hydrogens is 182 g/mol. The maximum Gasteiger partial charge on any atom is 0.169 e. The lowest BCUT2D eigenvalue weighted by Gasteiger charge is -2.12. The Hall–Kier alpha value is -0.850. The van der Waals surface area contributed by atoms with Crippen LogP contribution in [-0.2, 0) is 12.0 Å². The summed E-state index contributed by atoms with van der Waals surface area (Å²) in [7, 11) is 0. The van der Waals surface area contributed by atoms with Crippen molar-refractivity contribution in [3.8, 4) is 0 Å². The molecule has 0 saturated carbocycles. The van der Waals surface area contributed by atoms with Crippen LogP contribution in [0.4, 0.5) is 0 Å². The molecule has 1 nitrogen and oxygen atoms in total. The fourth-order valence-corrected chi connectivity index (χ4v) is 1.65. The number of aryl methyl sites for hydroxylation is 1. The fraction of sp³-hybridized carbons (Fsp3) is 0.643. The number of pyridine rings is 1. The highest BCUT2D eigenvalue weighted by molar-refractivity contribution is 5.07. The first-order valence-corrected chi connectivity index (χ1v) is 6.04. The first-order valence-electron chi connectivity index (χ1n) is 6.04. The van der Waals surface area contributed by atoms with Crippen LogP contribution in [0.1, 0.15) is 52.5 Å². The summed E-state index contributed by atoms with van der Waals surface area (Å²) in [5, 5.41) is 0. The largest absolute Gasteiger partial charge is 0.201 e. The molecule has 0 aliphatic rings. The Balaban J connectivity index is 2.57. The predicted molar refractivity (Wildman–Crippen MR) is 64.9 cm³/mol. The van der Waals surface area contributed by atoms with E-state index in [9.17, 15) is 0 Å². The summed E-state index contributed by atoms with van der Waals surface area (Å²) in [4.78, 5) is 0. The molecule has 0 N–H and O–H groups in total. The molecule has 0 saturated heterocycles. The third kappa shape index (κ3) is 4.03. The molecule has 1 aromatic rings. The average Bonchev–Trinajstić information content (AvgIpc) is 2.18. The van der Waals surface area contributed by atoms with Crippen LogP contribution in [0.3, 0.4) is 0 Å². The first-order chi connectivity index (χ1) is 7.04. The summed E-state index contributed by atoms with van der Waals surface area (Å²) in [5.41, 5.74) is 1.66. The van der Waals surface area contributed by atoms with E-state index in [2.05, 4.69) is 56.8 Å². The van der Waals surface area contributed by atoms with Crippen molar-refractivity contribution in [3.63, 3.8) is 0 Å². The molecule has 0 aromatic carbocycles. The van der Waals surface area contributed by atoms with Crippen LogP contribution in [0.15, 0.2) is 24.5 Å². The summed E-state index contributed by atoms with van der Waals surface area (Å²) < 4.78 is 2.26. The molecule has 0 aliphatic carbocycles. The van der Waals surface area contributed by atoms with Crippen molar-refractivity contribution < 1.29 is 4.57 Å². The molecule has 15 heavy (non-hydrogen) atoms. The van der Waals surface area contributed by atoms with Crippen molar-refractivity contribution in [2.45, 2.75) is 58.9 Å². The van der Waals surface area contributed by atoms with E-state index < -0.39 is 0 Å². The molecule has 0 spiro atoms. The Kier molecular flexibility index (Phi) is 4.31. The highest BCUT2D eigenvalue weighted by Crippen LogP contribution is 2.07. The fourth-order valence-electron chi connectivity index (χ4n) is 1.65. The summed E-state index contributed by atoms with van der Waals surface area (Å²) >= 11 is 0. The molecule has 0 radical (unpaired) electrons. The SMILES string of the molecule is CCCCCc1cc[n+](C(C)(C)C)cc1. The van der Waals surface area contributed by atoms with Gasteiger partial charge in [-0.05, 0) is 18.4 Å². The molecule has 84 valence electrons. The van der Waals surface area contributed by atoms with Gasteiger partial charge in [-0.15, -0.1) is 0 Å². The standard InChI is InChI=1S/C14H24N/c1-5-6-7-8-13-9-11-15(12-10-13)14(2,3)4/h9-12H,5-8H2,1-4H3/q+1. The van der Waals surface area contributed by atoms with E-state index in [1.807, 2.05) is 0 Å². The van der Waals surface area contributed by atoms with E-state index in [0.717, 1.165) is 0 Å². The van der Waals surface area contributed by atoms with Gasteiger partial charge in [-0.2, -0.15) is 0 Å². The molecule has 1 heteroatoms. The number of nitrogens with zero attached hydrogens (tertiary/aromatic N) is 1. The van der Waals surface area contributed by atoms with E-state index in [1.165, 1.54) is 31.2 Å². The lowest BCUT2D eigenvalue weighted by Crippen LogP contribution is -2.49. The van der Waals surface area contributed by atoms with E-state index in [-0.39, 0.29) is 5.54 Å². The predicted octanol–water partition coefficient (Wildman–Crippen LogP) is 3.46. The van der Waals surface area contributed by atoms with Crippen molar-refractivity contribution in [2.75, 3.05) is 0 Å². The smallest absolute Gasteiger partial charge is 0.169 e. The zero-order valence-electron chi connectivity index (χ0n) is 10.6. The zero-order chi connectivity index (χ0) is 11.3. The summed E-state index contributed by atoms with van der Waals surface area (Å²) in [6, 6.07) is 4.50. The average molecular weight is 206 g/mol. The van der Waals surface area contributed by atoms with E-state index in [1.54, 1.807) is 0 Å². The third-order valence-electron chi connectivity index (χ3n) is 2.74. The molecule has 0 unspecified atom stereocenters. The van der Waals surface area contributed by atoms with Gasteiger partial charge in [0.05, 0.1) is 0 Å². The quantitative estimate of drug-likeness (QED) is 0.524. The molecule has 0 bridgehead atoms. The maximum absolute atomic E-state index is 2.26. The van der Waals surface area contributed by atoms with Gasteiger partial charge in [-0.1, -0.05) is 19.8 Å².